The van der Waals surface area contributed by atoms with Crippen molar-refractivity contribution in [3.63, 3.8) is 0 Å². The van der Waals surface area contributed by atoms with E-state index >= 15 is 0 Å². The molecule has 0 aliphatic carbocycles. The average Bonchev–Trinajstić information content (AvgIpc) is 3.10. The van der Waals surface area contributed by atoms with Crippen molar-refractivity contribution in [2.75, 3.05) is 13.7 Å². The van der Waals surface area contributed by atoms with Crippen LogP contribution in [0.2, 0.25) is 0 Å². The summed E-state index contributed by atoms with van der Waals surface area (Å²) in [5, 5.41) is 4.49. The van der Waals surface area contributed by atoms with Crippen molar-refractivity contribution in [2.45, 2.75) is 19.8 Å². The number of hydrogen-bond acceptors (Lipinski definition) is 5. The van der Waals surface area contributed by atoms with Crippen molar-refractivity contribution in [3.8, 4) is 17.2 Å². The first kappa shape index (κ1) is 16.6. The molecule has 4 rings (SSSR count). The zero-order chi connectivity index (χ0) is 18.1. The molecule has 134 valence electrons. The van der Waals surface area contributed by atoms with E-state index in [0.717, 1.165) is 30.7 Å². The van der Waals surface area contributed by atoms with Gasteiger partial charge in [-0.3, -0.25) is 0 Å². The Balaban J connectivity index is 1.73. The Bertz CT molecular complexity index is 980. The fourth-order valence-corrected chi connectivity index (χ4v) is 3.30. The highest BCUT2D eigenvalue weighted by atomic mass is 19.1. The van der Waals surface area contributed by atoms with Crippen molar-refractivity contribution in [1.29, 1.82) is 0 Å². The number of ether oxygens (including phenoxy) is 1. The van der Waals surface area contributed by atoms with E-state index < -0.39 is 5.82 Å². The predicted octanol–water partition coefficient (Wildman–Crippen LogP) is 4.37. The molecule has 1 atom stereocenters. The molecular formula is C20H20FN3O2. The Labute approximate surface area is 150 Å². The molecular weight excluding hydrogens is 333 g/mol. The van der Waals surface area contributed by atoms with Gasteiger partial charge < -0.3 is 14.6 Å². The van der Waals surface area contributed by atoms with Gasteiger partial charge in [-0.25, -0.2) is 9.37 Å². The lowest BCUT2D eigenvalue weighted by Crippen LogP contribution is -2.28. The van der Waals surface area contributed by atoms with E-state index in [0.29, 0.717) is 28.3 Å². The molecule has 2 heterocycles. The molecule has 1 unspecified atom stereocenters. The number of oxazole rings is 1. The first-order valence-electron chi connectivity index (χ1n) is 8.75. The van der Waals surface area contributed by atoms with Crippen LogP contribution in [-0.4, -0.2) is 24.4 Å². The van der Waals surface area contributed by atoms with Crippen LogP contribution in [0.3, 0.4) is 0 Å². The molecule has 0 spiro atoms. The molecule has 0 radical (unpaired) electrons. The van der Waals surface area contributed by atoms with Crippen molar-refractivity contribution in [3.05, 3.63) is 47.8 Å². The number of aromatic nitrogens is 1. The number of nitrogens with one attached hydrogen (secondary N) is 1. The summed E-state index contributed by atoms with van der Waals surface area (Å²) in [6, 6.07) is 10.4. The molecule has 1 N–H and O–H groups in total. The molecule has 2 aromatic carbocycles. The standard InChI is InChI=1S/C20H20FN3O2/c1-3-12-8-9-22-24-19(12)13-4-7-17-18(10-13)26-20(23-17)15-6-5-14(25-2)11-16(15)21/h4-7,10-12,22H,3,8-9H2,1-2H3. The van der Waals surface area contributed by atoms with Crippen LogP contribution < -0.4 is 10.2 Å². The normalized spacial score (nSPS) is 17.0. The summed E-state index contributed by atoms with van der Waals surface area (Å²) < 4.78 is 25.2. The van der Waals surface area contributed by atoms with Crippen LogP contribution in [0.5, 0.6) is 5.75 Å². The first-order valence-corrected chi connectivity index (χ1v) is 8.75. The molecule has 1 aliphatic heterocycles. The molecule has 5 nitrogen and oxygen atoms in total. The molecule has 0 bridgehead atoms. The Kier molecular flexibility index (Phi) is 4.32. The van der Waals surface area contributed by atoms with Crippen LogP contribution >= 0.6 is 0 Å². The van der Waals surface area contributed by atoms with Crippen LogP contribution in [0.1, 0.15) is 25.3 Å². The van der Waals surface area contributed by atoms with Gasteiger partial charge in [0.05, 0.1) is 18.4 Å². The van der Waals surface area contributed by atoms with Crippen LogP contribution in [0.4, 0.5) is 4.39 Å². The molecule has 6 heteroatoms. The Morgan fingerprint density at radius 1 is 1.27 bits per heavy atom. The molecule has 1 aromatic heterocycles. The van der Waals surface area contributed by atoms with Crippen LogP contribution in [-0.2, 0) is 0 Å². The lowest BCUT2D eigenvalue weighted by Gasteiger charge is -2.22. The molecule has 3 aromatic rings. The van der Waals surface area contributed by atoms with Gasteiger partial charge in [0.25, 0.3) is 0 Å². The van der Waals surface area contributed by atoms with Crippen molar-refractivity contribution in [2.24, 2.45) is 11.0 Å². The van der Waals surface area contributed by atoms with Gasteiger partial charge in [0.2, 0.25) is 5.89 Å². The van der Waals surface area contributed by atoms with Gasteiger partial charge in [0.15, 0.2) is 5.58 Å². The van der Waals surface area contributed by atoms with E-state index in [1.807, 2.05) is 18.2 Å². The number of methoxy groups -OCH3 is 1. The first-order chi connectivity index (χ1) is 12.7. The van der Waals surface area contributed by atoms with Gasteiger partial charge in [-0.2, -0.15) is 5.10 Å². The highest BCUT2D eigenvalue weighted by Crippen LogP contribution is 2.30. The third-order valence-electron chi connectivity index (χ3n) is 4.77. The second kappa shape index (κ2) is 6.78. The van der Waals surface area contributed by atoms with Gasteiger partial charge in [-0.15, -0.1) is 0 Å². The summed E-state index contributed by atoms with van der Waals surface area (Å²) in [6.45, 7) is 3.07. The van der Waals surface area contributed by atoms with E-state index in [1.54, 1.807) is 12.1 Å². The lowest BCUT2D eigenvalue weighted by molar-refractivity contribution is 0.411. The fraction of sp³-hybridized carbons (Fsp3) is 0.300. The van der Waals surface area contributed by atoms with Crippen molar-refractivity contribution in [1.82, 2.24) is 10.4 Å². The number of hydrazone groups is 1. The third kappa shape index (κ3) is 2.92. The van der Waals surface area contributed by atoms with Crippen LogP contribution in [0, 0.1) is 11.7 Å². The van der Waals surface area contributed by atoms with Crippen LogP contribution in [0.25, 0.3) is 22.6 Å². The minimum absolute atomic E-state index is 0.257. The number of benzene rings is 2. The maximum absolute atomic E-state index is 14.3. The SMILES string of the molecule is CCC1CCNN=C1c1ccc2nc(-c3ccc(OC)cc3F)oc2c1. The lowest BCUT2D eigenvalue weighted by atomic mass is 9.90. The van der Waals surface area contributed by atoms with Gasteiger partial charge in [-0.05, 0) is 37.1 Å². The number of fused-ring (bicyclic) bond motifs is 1. The van der Waals surface area contributed by atoms with Gasteiger partial charge in [-0.1, -0.05) is 13.0 Å². The summed E-state index contributed by atoms with van der Waals surface area (Å²) in [5.74, 6) is 0.712. The molecule has 26 heavy (non-hydrogen) atoms. The smallest absolute Gasteiger partial charge is 0.230 e. The third-order valence-corrected chi connectivity index (χ3v) is 4.77. The summed E-state index contributed by atoms with van der Waals surface area (Å²) in [7, 11) is 1.50. The molecule has 0 fully saturated rings. The van der Waals surface area contributed by atoms with E-state index in [2.05, 4.69) is 22.4 Å². The Morgan fingerprint density at radius 3 is 2.92 bits per heavy atom. The van der Waals surface area contributed by atoms with Gasteiger partial charge in [0, 0.05) is 24.1 Å². The van der Waals surface area contributed by atoms with Crippen molar-refractivity contribution >= 4 is 16.8 Å². The Morgan fingerprint density at radius 2 is 2.15 bits per heavy atom. The van der Waals surface area contributed by atoms with E-state index in [9.17, 15) is 4.39 Å². The molecule has 0 saturated heterocycles. The van der Waals surface area contributed by atoms with E-state index in [1.165, 1.54) is 13.2 Å². The largest absolute Gasteiger partial charge is 0.497 e. The monoisotopic (exact) mass is 353 g/mol. The van der Waals surface area contributed by atoms with Crippen LogP contribution in [0.15, 0.2) is 45.9 Å². The van der Waals surface area contributed by atoms with Gasteiger partial charge in [0.1, 0.15) is 17.1 Å². The molecule has 1 aliphatic rings. The van der Waals surface area contributed by atoms with E-state index in [-0.39, 0.29) is 5.89 Å². The highest BCUT2D eigenvalue weighted by molar-refractivity contribution is 6.04. The van der Waals surface area contributed by atoms with E-state index in [4.69, 9.17) is 9.15 Å². The Hall–Kier alpha value is -2.89. The minimum atomic E-state index is -0.428. The number of hydrogen-bond donors (Lipinski definition) is 1. The minimum Gasteiger partial charge on any atom is -0.497 e. The molecule has 0 amide bonds. The maximum atomic E-state index is 14.3. The molecule has 0 saturated carbocycles. The second-order valence-electron chi connectivity index (χ2n) is 6.35. The number of halogens is 1. The maximum Gasteiger partial charge on any atom is 0.230 e. The number of rotatable bonds is 4. The summed E-state index contributed by atoms with van der Waals surface area (Å²) >= 11 is 0. The zero-order valence-corrected chi connectivity index (χ0v) is 14.8. The zero-order valence-electron chi connectivity index (χ0n) is 14.8. The predicted molar refractivity (Wildman–Crippen MR) is 98.9 cm³/mol. The summed E-state index contributed by atoms with van der Waals surface area (Å²) in [6.07, 6.45) is 2.10. The topological polar surface area (TPSA) is 59.7 Å². The summed E-state index contributed by atoms with van der Waals surface area (Å²) in [5.41, 5.74) is 6.74. The second-order valence-corrected chi connectivity index (χ2v) is 6.35. The summed E-state index contributed by atoms with van der Waals surface area (Å²) in [4.78, 5) is 4.42. The fourth-order valence-electron chi connectivity index (χ4n) is 3.30. The van der Waals surface area contributed by atoms with Crippen molar-refractivity contribution < 1.29 is 13.5 Å². The average molecular weight is 353 g/mol. The quantitative estimate of drug-likeness (QED) is 0.757. The number of nitrogens with zero attached hydrogens (tertiary/aromatic N) is 2. The van der Waals surface area contributed by atoms with Gasteiger partial charge >= 0.3 is 0 Å². The highest BCUT2D eigenvalue weighted by Gasteiger charge is 2.21.